The summed E-state index contributed by atoms with van der Waals surface area (Å²) in [6, 6.07) is 15.3. The summed E-state index contributed by atoms with van der Waals surface area (Å²) in [5.41, 5.74) is 0.906. The lowest BCUT2D eigenvalue weighted by Crippen LogP contribution is -2.37. The van der Waals surface area contributed by atoms with Gasteiger partial charge in [0.2, 0.25) is 0 Å². The standard InChI is InChI=1S/C21H21NO4/c1-14(15-11-12-15)22-19(23)13-26-21(25)18-10-6-5-9-17(18)20(24)16-7-3-2-4-8-16/h2-10,14-15H,11-13H2,1H3,(H,22,23). The first-order chi connectivity index (χ1) is 12.6. The van der Waals surface area contributed by atoms with Crippen LogP contribution in [0.5, 0.6) is 0 Å². The number of amides is 1. The van der Waals surface area contributed by atoms with Crippen molar-refractivity contribution in [2.75, 3.05) is 6.61 Å². The first-order valence-electron chi connectivity index (χ1n) is 8.71. The van der Waals surface area contributed by atoms with E-state index in [0.717, 1.165) is 12.8 Å². The topological polar surface area (TPSA) is 72.5 Å². The largest absolute Gasteiger partial charge is 0.452 e. The average molecular weight is 351 g/mol. The van der Waals surface area contributed by atoms with E-state index in [0.29, 0.717) is 11.5 Å². The minimum Gasteiger partial charge on any atom is -0.452 e. The SMILES string of the molecule is CC(NC(=O)COC(=O)c1ccccc1C(=O)c1ccccc1)C1CC1. The Bertz CT molecular complexity index is 812. The molecule has 1 aliphatic carbocycles. The maximum atomic E-state index is 12.7. The van der Waals surface area contributed by atoms with E-state index in [4.69, 9.17) is 4.74 Å². The van der Waals surface area contributed by atoms with Gasteiger partial charge in [0, 0.05) is 17.2 Å². The molecule has 1 N–H and O–H groups in total. The molecule has 2 aromatic carbocycles. The van der Waals surface area contributed by atoms with Gasteiger partial charge in [-0.15, -0.1) is 0 Å². The summed E-state index contributed by atoms with van der Waals surface area (Å²) in [4.78, 5) is 36.9. The average Bonchev–Trinajstić information content (AvgIpc) is 3.51. The molecule has 0 heterocycles. The zero-order chi connectivity index (χ0) is 18.5. The second kappa shape index (κ2) is 7.95. The third-order valence-corrected chi connectivity index (χ3v) is 4.48. The Hall–Kier alpha value is -2.95. The molecule has 0 spiro atoms. The summed E-state index contributed by atoms with van der Waals surface area (Å²) in [5, 5.41) is 2.83. The van der Waals surface area contributed by atoms with Crippen LogP contribution in [0.3, 0.4) is 0 Å². The highest BCUT2D eigenvalue weighted by Crippen LogP contribution is 2.32. The Morgan fingerprint density at radius 3 is 2.27 bits per heavy atom. The van der Waals surface area contributed by atoms with Crippen LogP contribution in [0.15, 0.2) is 54.6 Å². The maximum Gasteiger partial charge on any atom is 0.339 e. The summed E-state index contributed by atoms with van der Waals surface area (Å²) >= 11 is 0. The minimum absolute atomic E-state index is 0.0909. The molecule has 1 unspecified atom stereocenters. The van der Waals surface area contributed by atoms with E-state index in [1.165, 1.54) is 6.07 Å². The Labute approximate surface area is 152 Å². The number of hydrogen-bond acceptors (Lipinski definition) is 4. The molecule has 0 saturated heterocycles. The molecule has 3 rings (SSSR count). The number of carbonyl (C=O) groups excluding carboxylic acids is 3. The van der Waals surface area contributed by atoms with Crippen LogP contribution in [0.4, 0.5) is 0 Å². The summed E-state index contributed by atoms with van der Waals surface area (Å²) in [5.74, 6) is -0.743. The number of ether oxygens (including phenoxy) is 1. The Morgan fingerprint density at radius 2 is 1.62 bits per heavy atom. The maximum absolute atomic E-state index is 12.7. The van der Waals surface area contributed by atoms with E-state index in [9.17, 15) is 14.4 Å². The fraction of sp³-hybridized carbons (Fsp3) is 0.286. The van der Waals surface area contributed by atoms with Crippen LogP contribution in [-0.2, 0) is 9.53 Å². The van der Waals surface area contributed by atoms with Crippen molar-refractivity contribution in [3.8, 4) is 0 Å². The van der Waals surface area contributed by atoms with Crippen molar-refractivity contribution in [2.24, 2.45) is 5.92 Å². The van der Waals surface area contributed by atoms with Gasteiger partial charge in [0.1, 0.15) is 0 Å². The second-order valence-corrected chi connectivity index (χ2v) is 6.51. The Kier molecular flexibility index (Phi) is 5.46. The smallest absolute Gasteiger partial charge is 0.339 e. The summed E-state index contributed by atoms with van der Waals surface area (Å²) in [6.07, 6.45) is 2.24. The van der Waals surface area contributed by atoms with Crippen LogP contribution in [0.2, 0.25) is 0 Å². The summed E-state index contributed by atoms with van der Waals surface area (Å²) < 4.78 is 5.11. The van der Waals surface area contributed by atoms with Crippen LogP contribution in [0.1, 0.15) is 46.0 Å². The number of nitrogens with one attached hydrogen (secondary N) is 1. The van der Waals surface area contributed by atoms with Crippen LogP contribution < -0.4 is 5.32 Å². The number of carbonyl (C=O) groups is 3. The molecule has 1 fully saturated rings. The molecule has 1 aliphatic rings. The van der Waals surface area contributed by atoms with E-state index in [2.05, 4.69) is 5.32 Å². The Morgan fingerprint density at radius 1 is 1.00 bits per heavy atom. The first kappa shape index (κ1) is 17.9. The zero-order valence-electron chi connectivity index (χ0n) is 14.6. The van der Waals surface area contributed by atoms with Gasteiger partial charge in [0.05, 0.1) is 5.56 Å². The molecule has 1 amide bonds. The fourth-order valence-corrected chi connectivity index (χ4v) is 2.82. The van der Waals surface area contributed by atoms with Crippen molar-refractivity contribution < 1.29 is 19.1 Å². The monoisotopic (exact) mass is 351 g/mol. The van der Waals surface area contributed by atoms with Crippen molar-refractivity contribution in [1.82, 2.24) is 5.32 Å². The minimum atomic E-state index is -0.681. The van der Waals surface area contributed by atoms with Gasteiger partial charge in [-0.1, -0.05) is 48.5 Å². The normalized spacial score (nSPS) is 14.3. The number of ketones is 1. The molecular formula is C21H21NO4. The molecule has 0 aromatic heterocycles. The molecule has 5 nitrogen and oxygen atoms in total. The van der Waals surface area contributed by atoms with Crippen molar-refractivity contribution >= 4 is 17.7 Å². The molecule has 5 heteroatoms. The van der Waals surface area contributed by atoms with Crippen molar-refractivity contribution in [2.45, 2.75) is 25.8 Å². The molecule has 0 aliphatic heterocycles. The quantitative estimate of drug-likeness (QED) is 0.615. The van der Waals surface area contributed by atoms with Gasteiger partial charge < -0.3 is 10.1 Å². The summed E-state index contributed by atoms with van der Waals surface area (Å²) in [7, 11) is 0. The molecule has 0 bridgehead atoms. The fourth-order valence-electron chi connectivity index (χ4n) is 2.82. The van der Waals surface area contributed by atoms with E-state index in [1.54, 1.807) is 42.5 Å². The zero-order valence-corrected chi connectivity index (χ0v) is 14.6. The van der Waals surface area contributed by atoms with Gasteiger partial charge in [-0.05, 0) is 31.7 Å². The predicted octanol–water partition coefficient (Wildman–Crippen LogP) is 2.99. The van der Waals surface area contributed by atoms with Crippen molar-refractivity contribution in [3.05, 3.63) is 71.3 Å². The molecular weight excluding hydrogens is 330 g/mol. The molecule has 2 aromatic rings. The lowest BCUT2D eigenvalue weighted by molar-refractivity contribution is -0.124. The number of rotatable bonds is 7. The van der Waals surface area contributed by atoms with Crippen LogP contribution >= 0.6 is 0 Å². The van der Waals surface area contributed by atoms with Gasteiger partial charge in [0.25, 0.3) is 5.91 Å². The molecule has 1 atom stereocenters. The first-order valence-corrected chi connectivity index (χ1v) is 8.71. The highest BCUT2D eigenvalue weighted by molar-refractivity contribution is 6.14. The second-order valence-electron chi connectivity index (χ2n) is 6.51. The molecule has 134 valence electrons. The van der Waals surface area contributed by atoms with E-state index in [-0.39, 0.29) is 35.5 Å². The van der Waals surface area contributed by atoms with Gasteiger partial charge in [-0.3, -0.25) is 9.59 Å². The number of benzene rings is 2. The number of esters is 1. The third-order valence-electron chi connectivity index (χ3n) is 4.48. The molecule has 0 radical (unpaired) electrons. The number of hydrogen-bond donors (Lipinski definition) is 1. The van der Waals surface area contributed by atoms with E-state index in [1.807, 2.05) is 13.0 Å². The molecule has 26 heavy (non-hydrogen) atoms. The van der Waals surface area contributed by atoms with Crippen LogP contribution in [-0.4, -0.2) is 30.3 Å². The predicted molar refractivity (Wildman–Crippen MR) is 96.9 cm³/mol. The highest BCUT2D eigenvalue weighted by Gasteiger charge is 2.29. The van der Waals surface area contributed by atoms with Crippen molar-refractivity contribution in [3.63, 3.8) is 0 Å². The van der Waals surface area contributed by atoms with Crippen molar-refractivity contribution in [1.29, 1.82) is 0 Å². The van der Waals surface area contributed by atoms with Crippen LogP contribution in [0, 0.1) is 5.92 Å². The lowest BCUT2D eigenvalue weighted by atomic mass is 9.98. The Balaban J connectivity index is 1.66. The van der Waals surface area contributed by atoms with Gasteiger partial charge >= 0.3 is 5.97 Å². The lowest BCUT2D eigenvalue weighted by Gasteiger charge is -2.13. The van der Waals surface area contributed by atoms with Gasteiger partial charge in [-0.25, -0.2) is 4.79 Å². The highest BCUT2D eigenvalue weighted by atomic mass is 16.5. The molecule has 1 saturated carbocycles. The van der Waals surface area contributed by atoms with Crippen LogP contribution in [0.25, 0.3) is 0 Å². The van der Waals surface area contributed by atoms with E-state index < -0.39 is 5.97 Å². The third kappa shape index (κ3) is 4.36. The van der Waals surface area contributed by atoms with E-state index >= 15 is 0 Å². The van der Waals surface area contributed by atoms with Gasteiger partial charge in [-0.2, -0.15) is 0 Å². The van der Waals surface area contributed by atoms with Gasteiger partial charge in [0.15, 0.2) is 12.4 Å². The summed E-state index contributed by atoms with van der Waals surface area (Å²) in [6.45, 7) is 1.59.